The first-order chi connectivity index (χ1) is 7.61. The maximum Gasteiger partial charge on any atom is 0.0393 e. The van der Waals surface area contributed by atoms with E-state index in [-0.39, 0.29) is 0 Å². The SMILES string of the molecule is Cc1ccccc1N(C)CC1(C)CCNC1. The quantitative estimate of drug-likeness (QED) is 0.838. The normalized spacial score (nSPS) is 24.7. The minimum absolute atomic E-state index is 0.428. The Morgan fingerprint density at radius 2 is 2.12 bits per heavy atom. The average molecular weight is 218 g/mol. The van der Waals surface area contributed by atoms with Crippen LogP contribution >= 0.6 is 0 Å². The Hall–Kier alpha value is -1.02. The van der Waals surface area contributed by atoms with Crippen LogP contribution in [0.1, 0.15) is 18.9 Å². The van der Waals surface area contributed by atoms with Gasteiger partial charge < -0.3 is 10.2 Å². The lowest BCUT2D eigenvalue weighted by Crippen LogP contribution is -2.35. The Morgan fingerprint density at radius 3 is 2.75 bits per heavy atom. The van der Waals surface area contributed by atoms with Crippen LogP contribution in [0.3, 0.4) is 0 Å². The third-order valence-electron chi connectivity index (χ3n) is 3.60. The number of benzene rings is 1. The van der Waals surface area contributed by atoms with E-state index in [4.69, 9.17) is 0 Å². The fourth-order valence-corrected chi connectivity index (χ4v) is 2.65. The smallest absolute Gasteiger partial charge is 0.0393 e. The van der Waals surface area contributed by atoms with Gasteiger partial charge in [-0.15, -0.1) is 0 Å². The molecule has 1 aromatic rings. The number of hydrogen-bond donors (Lipinski definition) is 1. The van der Waals surface area contributed by atoms with Gasteiger partial charge in [0.2, 0.25) is 0 Å². The zero-order valence-corrected chi connectivity index (χ0v) is 10.6. The first kappa shape index (κ1) is 11.5. The van der Waals surface area contributed by atoms with Crippen molar-refractivity contribution < 1.29 is 0 Å². The van der Waals surface area contributed by atoms with Crippen molar-refractivity contribution in [1.29, 1.82) is 0 Å². The summed E-state index contributed by atoms with van der Waals surface area (Å²) in [5, 5.41) is 3.46. The fourth-order valence-electron chi connectivity index (χ4n) is 2.65. The second kappa shape index (κ2) is 4.46. The molecule has 88 valence electrons. The lowest BCUT2D eigenvalue weighted by atomic mass is 9.89. The molecule has 1 unspecified atom stereocenters. The van der Waals surface area contributed by atoms with Crippen LogP contribution in [-0.2, 0) is 0 Å². The van der Waals surface area contributed by atoms with Crippen LogP contribution in [0.4, 0.5) is 5.69 Å². The molecule has 1 aliphatic heterocycles. The summed E-state index contributed by atoms with van der Waals surface area (Å²) in [7, 11) is 2.20. The number of rotatable bonds is 3. The highest BCUT2D eigenvalue weighted by atomic mass is 15.1. The second-order valence-electron chi connectivity index (χ2n) is 5.38. The maximum absolute atomic E-state index is 3.46. The highest BCUT2D eigenvalue weighted by Crippen LogP contribution is 2.28. The third-order valence-corrected chi connectivity index (χ3v) is 3.60. The monoisotopic (exact) mass is 218 g/mol. The van der Waals surface area contributed by atoms with E-state index < -0.39 is 0 Å². The highest BCUT2D eigenvalue weighted by Gasteiger charge is 2.29. The van der Waals surface area contributed by atoms with E-state index in [9.17, 15) is 0 Å². The van der Waals surface area contributed by atoms with E-state index in [1.165, 1.54) is 17.7 Å². The van der Waals surface area contributed by atoms with Crippen molar-refractivity contribution in [2.75, 3.05) is 31.6 Å². The van der Waals surface area contributed by atoms with Gasteiger partial charge in [-0.2, -0.15) is 0 Å². The predicted octanol–water partition coefficient (Wildman–Crippen LogP) is 2.43. The number of nitrogens with zero attached hydrogens (tertiary/aromatic N) is 1. The minimum atomic E-state index is 0.428. The van der Waals surface area contributed by atoms with Gasteiger partial charge in [0.05, 0.1) is 0 Å². The van der Waals surface area contributed by atoms with Crippen molar-refractivity contribution in [2.45, 2.75) is 20.3 Å². The van der Waals surface area contributed by atoms with Gasteiger partial charge in [0.25, 0.3) is 0 Å². The van der Waals surface area contributed by atoms with Crippen molar-refractivity contribution in [1.82, 2.24) is 5.32 Å². The number of nitrogens with one attached hydrogen (secondary N) is 1. The molecule has 2 rings (SSSR count). The second-order valence-corrected chi connectivity index (χ2v) is 5.38. The number of hydrogen-bond acceptors (Lipinski definition) is 2. The Morgan fingerprint density at radius 1 is 1.38 bits per heavy atom. The molecule has 0 spiro atoms. The molecule has 1 atom stereocenters. The molecular weight excluding hydrogens is 196 g/mol. The lowest BCUT2D eigenvalue weighted by molar-refractivity contribution is 0.371. The van der Waals surface area contributed by atoms with E-state index in [1.807, 2.05) is 0 Å². The molecule has 1 fully saturated rings. The summed E-state index contributed by atoms with van der Waals surface area (Å²) < 4.78 is 0. The van der Waals surface area contributed by atoms with Gasteiger partial charge in [-0.05, 0) is 36.9 Å². The largest absolute Gasteiger partial charge is 0.374 e. The van der Waals surface area contributed by atoms with E-state index in [2.05, 4.69) is 55.4 Å². The topological polar surface area (TPSA) is 15.3 Å². The number of para-hydroxylation sites is 1. The number of anilines is 1. The Balaban J connectivity index is 2.08. The van der Waals surface area contributed by atoms with Gasteiger partial charge in [-0.25, -0.2) is 0 Å². The zero-order chi connectivity index (χ0) is 11.6. The van der Waals surface area contributed by atoms with Gasteiger partial charge in [0.1, 0.15) is 0 Å². The third kappa shape index (κ3) is 2.38. The number of aryl methyl sites for hydroxylation is 1. The molecule has 1 aliphatic rings. The Bertz CT molecular complexity index is 354. The van der Waals surface area contributed by atoms with Gasteiger partial charge in [-0.3, -0.25) is 0 Å². The summed E-state index contributed by atoms with van der Waals surface area (Å²) in [6.07, 6.45) is 1.28. The molecule has 0 bridgehead atoms. The molecule has 2 nitrogen and oxygen atoms in total. The van der Waals surface area contributed by atoms with Crippen LogP contribution < -0.4 is 10.2 Å². The van der Waals surface area contributed by atoms with Gasteiger partial charge in [-0.1, -0.05) is 25.1 Å². The molecule has 16 heavy (non-hydrogen) atoms. The summed E-state index contributed by atoms with van der Waals surface area (Å²) in [5.41, 5.74) is 3.15. The molecule has 1 heterocycles. The first-order valence-electron chi connectivity index (χ1n) is 6.08. The molecular formula is C14H22N2. The predicted molar refractivity (Wildman–Crippen MR) is 70.0 cm³/mol. The molecule has 1 aromatic carbocycles. The van der Waals surface area contributed by atoms with E-state index in [0.717, 1.165) is 19.6 Å². The average Bonchev–Trinajstić information content (AvgIpc) is 2.65. The molecule has 0 aromatic heterocycles. The Kier molecular flexibility index (Phi) is 3.20. The summed E-state index contributed by atoms with van der Waals surface area (Å²) in [4.78, 5) is 2.39. The van der Waals surface area contributed by atoms with Crippen LogP contribution in [-0.4, -0.2) is 26.7 Å². The van der Waals surface area contributed by atoms with Crippen molar-refractivity contribution in [3.8, 4) is 0 Å². The standard InChI is InChI=1S/C14H22N2/c1-12-6-4-5-7-13(12)16(3)11-14(2)8-9-15-10-14/h4-7,15H,8-11H2,1-3H3. The van der Waals surface area contributed by atoms with Crippen LogP contribution in [0.2, 0.25) is 0 Å². The van der Waals surface area contributed by atoms with Crippen LogP contribution in [0, 0.1) is 12.3 Å². The van der Waals surface area contributed by atoms with E-state index in [0.29, 0.717) is 5.41 Å². The van der Waals surface area contributed by atoms with Gasteiger partial charge in [0, 0.05) is 25.8 Å². The van der Waals surface area contributed by atoms with E-state index >= 15 is 0 Å². The van der Waals surface area contributed by atoms with E-state index in [1.54, 1.807) is 0 Å². The molecule has 0 radical (unpaired) electrons. The Labute approximate surface area is 98.7 Å². The molecule has 0 amide bonds. The van der Waals surface area contributed by atoms with Crippen molar-refractivity contribution >= 4 is 5.69 Å². The first-order valence-corrected chi connectivity index (χ1v) is 6.08. The summed E-state index contributed by atoms with van der Waals surface area (Å²) >= 11 is 0. The van der Waals surface area contributed by atoms with Crippen LogP contribution in [0.15, 0.2) is 24.3 Å². The highest BCUT2D eigenvalue weighted by molar-refractivity contribution is 5.52. The minimum Gasteiger partial charge on any atom is -0.374 e. The van der Waals surface area contributed by atoms with Crippen molar-refractivity contribution in [3.05, 3.63) is 29.8 Å². The van der Waals surface area contributed by atoms with Crippen LogP contribution in [0.5, 0.6) is 0 Å². The molecule has 1 saturated heterocycles. The zero-order valence-electron chi connectivity index (χ0n) is 10.6. The van der Waals surface area contributed by atoms with Gasteiger partial charge in [0.15, 0.2) is 0 Å². The molecule has 0 aliphatic carbocycles. The lowest BCUT2D eigenvalue weighted by Gasteiger charge is -2.31. The van der Waals surface area contributed by atoms with Crippen molar-refractivity contribution in [3.63, 3.8) is 0 Å². The summed E-state index contributed by atoms with van der Waals surface area (Å²) in [6.45, 7) is 8.00. The summed E-state index contributed by atoms with van der Waals surface area (Å²) in [5.74, 6) is 0. The fraction of sp³-hybridized carbons (Fsp3) is 0.571. The summed E-state index contributed by atoms with van der Waals surface area (Å²) in [6, 6.07) is 8.61. The van der Waals surface area contributed by atoms with Crippen LogP contribution in [0.25, 0.3) is 0 Å². The molecule has 2 heteroatoms. The van der Waals surface area contributed by atoms with Crippen molar-refractivity contribution in [2.24, 2.45) is 5.41 Å². The van der Waals surface area contributed by atoms with Gasteiger partial charge >= 0.3 is 0 Å². The maximum atomic E-state index is 3.46. The molecule has 1 N–H and O–H groups in total. The molecule has 0 saturated carbocycles.